The second-order valence-electron chi connectivity index (χ2n) is 3.18. The molecule has 0 aromatic carbocycles. The van der Waals surface area contributed by atoms with Crippen molar-refractivity contribution in [2.75, 3.05) is 7.11 Å². The molecule has 16 heavy (non-hydrogen) atoms. The molecule has 0 saturated heterocycles. The second-order valence-corrected chi connectivity index (χ2v) is 4.20. The number of carbonyl (C=O) groups excluding carboxylic acids is 1. The number of ether oxygens (including phenoxy) is 1. The van der Waals surface area contributed by atoms with Gasteiger partial charge in [0.25, 0.3) is 6.43 Å². The molecule has 0 fully saturated rings. The summed E-state index contributed by atoms with van der Waals surface area (Å²) in [5.74, 6) is -0.453. The van der Waals surface area contributed by atoms with Crippen LogP contribution in [-0.4, -0.2) is 18.1 Å². The first kappa shape index (κ1) is 13.3. The van der Waals surface area contributed by atoms with Gasteiger partial charge in [-0.3, -0.25) is 4.79 Å². The minimum Gasteiger partial charge on any atom is -0.469 e. The molecule has 1 rings (SSSR count). The molecule has 0 saturated carbocycles. The Morgan fingerprint density at radius 1 is 1.62 bits per heavy atom. The molecule has 0 aliphatic heterocycles. The quantitative estimate of drug-likeness (QED) is 0.482. The highest BCUT2D eigenvalue weighted by atomic mass is 127. The van der Waals surface area contributed by atoms with E-state index in [1.54, 1.807) is 6.92 Å². The Kier molecular flexibility index (Phi) is 4.57. The van der Waals surface area contributed by atoms with E-state index in [2.05, 4.69) is 9.72 Å². The van der Waals surface area contributed by atoms with Crippen molar-refractivity contribution in [3.05, 3.63) is 26.6 Å². The first-order valence-electron chi connectivity index (χ1n) is 4.46. The number of rotatable bonds is 3. The van der Waals surface area contributed by atoms with Gasteiger partial charge in [0.15, 0.2) is 0 Å². The molecule has 0 amide bonds. The van der Waals surface area contributed by atoms with Gasteiger partial charge in [-0.15, -0.1) is 0 Å². The number of halogens is 3. The van der Waals surface area contributed by atoms with Gasteiger partial charge in [-0.05, 0) is 46.7 Å². The number of pyridine rings is 1. The van der Waals surface area contributed by atoms with E-state index in [1.165, 1.54) is 13.2 Å². The minimum atomic E-state index is -2.63. The number of carbonyl (C=O) groups is 1. The van der Waals surface area contributed by atoms with Gasteiger partial charge < -0.3 is 4.74 Å². The lowest BCUT2D eigenvalue weighted by atomic mass is 10.1. The average Bonchev–Trinajstić information content (AvgIpc) is 2.23. The van der Waals surface area contributed by atoms with E-state index in [9.17, 15) is 13.6 Å². The Morgan fingerprint density at radius 2 is 2.25 bits per heavy atom. The van der Waals surface area contributed by atoms with Gasteiger partial charge in [0.1, 0.15) is 9.39 Å². The third-order valence-corrected chi connectivity index (χ3v) is 3.18. The normalized spacial score (nSPS) is 10.6. The average molecular weight is 341 g/mol. The molecule has 1 heterocycles. The Bertz CT molecular complexity index is 410. The van der Waals surface area contributed by atoms with Crippen molar-refractivity contribution in [3.8, 4) is 0 Å². The third-order valence-electron chi connectivity index (χ3n) is 2.13. The van der Waals surface area contributed by atoms with E-state index >= 15 is 0 Å². The van der Waals surface area contributed by atoms with E-state index < -0.39 is 12.4 Å². The number of esters is 1. The minimum absolute atomic E-state index is 0.0133. The fraction of sp³-hybridized carbons (Fsp3) is 0.400. The molecular formula is C10H10F2INO2. The van der Waals surface area contributed by atoms with Crippen LogP contribution < -0.4 is 0 Å². The first-order chi connectivity index (χ1) is 7.45. The highest BCUT2D eigenvalue weighted by Crippen LogP contribution is 2.23. The number of nitrogens with zero attached hydrogens (tertiary/aromatic N) is 1. The number of methoxy groups -OCH3 is 1. The van der Waals surface area contributed by atoms with Gasteiger partial charge in [0, 0.05) is 0 Å². The van der Waals surface area contributed by atoms with Crippen molar-refractivity contribution in [2.24, 2.45) is 0 Å². The Hall–Kier alpha value is -0.790. The van der Waals surface area contributed by atoms with Crippen LogP contribution in [0.25, 0.3) is 0 Å². The summed E-state index contributed by atoms with van der Waals surface area (Å²) < 4.78 is 30.0. The molecule has 0 radical (unpaired) electrons. The third kappa shape index (κ3) is 3.10. The molecular weight excluding hydrogens is 331 g/mol. The summed E-state index contributed by atoms with van der Waals surface area (Å²) in [6, 6.07) is 1.25. The number of aromatic nitrogens is 1. The monoisotopic (exact) mass is 341 g/mol. The van der Waals surface area contributed by atoms with Gasteiger partial charge in [-0.1, -0.05) is 0 Å². The lowest BCUT2D eigenvalue weighted by Gasteiger charge is -2.09. The maximum absolute atomic E-state index is 12.5. The first-order valence-corrected chi connectivity index (χ1v) is 5.54. The summed E-state index contributed by atoms with van der Waals surface area (Å²) in [4.78, 5) is 14.8. The van der Waals surface area contributed by atoms with Crippen LogP contribution in [0.1, 0.15) is 23.2 Å². The molecule has 0 atom stereocenters. The highest BCUT2D eigenvalue weighted by Gasteiger charge is 2.16. The molecule has 0 N–H and O–H groups in total. The van der Waals surface area contributed by atoms with Crippen molar-refractivity contribution in [3.63, 3.8) is 0 Å². The molecule has 6 heteroatoms. The molecule has 0 unspecified atom stereocenters. The van der Waals surface area contributed by atoms with Crippen molar-refractivity contribution < 1.29 is 18.3 Å². The molecule has 0 aliphatic rings. The van der Waals surface area contributed by atoms with Crippen LogP contribution in [0.4, 0.5) is 8.78 Å². The summed E-state index contributed by atoms with van der Waals surface area (Å²) >= 11 is 1.87. The predicted octanol–water partition coefficient (Wildman–Crippen LogP) is 2.65. The molecule has 1 aromatic heterocycles. The SMILES string of the molecule is COC(=O)Cc1cc(C(F)F)nc(I)c1C. The fourth-order valence-corrected chi connectivity index (χ4v) is 1.80. The van der Waals surface area contributed by atoms with E-state index in [0.29, 0.717) is 9.26 Å². The summed E-state index contributed by atoms with van der Waals surface area (Å²) in [6.07, 6.45) is -2.65. The molecule has 0 spiro atoms. The number of hydrogen-bond acceptors (Lipinski definition) is 3. The summed E-state index contributed by atoms with van der Waals surface area (Å²) in [7, 11) is 1.26. The maximum Gasteiger partial charge on any atom is 0.309 e. The van der Waals surface area contributed by atoms with Crippen molar-refractivity contribution in [2.45, 2.75) is 19.8 Å². The van der Waals surface area contributed by atoms with Crippen LogP contribution in [0.2, 0.25) is 0 Å². The van der Waals surface area contributed by atoms with E-state index in [4.69, 9.17) is 0 Å². The van der Waals surface area contributed by atoms with Crippen LogP contribution >= 0.6 is 22.6 Å². The largest absolute Gasteiger partial charge is 0.469 e. The van der Waals surface area contributed by atoms with Gasteiger partial charge in [-0.25, -0.2) is 13.8 Å². The topological polar surface area (TPSA) is 39.2 Å². The maximum atomic E-state index is 12.5. The smallest absolute Gasteiger partial charge is 0.309 e. The van der Waals surface area contributed by atoms with Crippen LogP contribution in [0.5, 0.6) is 0 Å². The zero-order chi connectivity index (χ0) is 12.3. The fourth-order valence-electron chi connectivity index (χ4n) is 1.17. The summed E-state index contributed by atoms with van der Waals surface area (Å²) in [6.45, 7) is 1.74. The molecule has 3 nitrogen and oxygen atoms in total. The van der Waals surface area contributed by atoms with Crippen molar-refractivity contribution in [1.29, 1.82) is 0 Å². The lowest BCUT2D eigenvalue weighted by molar-refractivity contribution is -0.139. The van der Waals surface area contributed by atoms with Gasteiger partial charge in [0.05, 0.1) is 13.5 Å². The van der Waals surface area contributed by atoms with E-state index in [-0.39, 0.29) is 12.1 Å². The zero-order valence-electron chi connectivity index (χ0n) is 8.76. The van der Waals surface area contributed by atoms with Gasteiger partial charge >= 0.3 is 5.97 Å². The van der Waals surface area contributed by atoms with Crippen LogP contribution in [0.3, 0.4) is 0 Å². The zero-order valence-corrected chi connectivity index (χ0v) is 10.9. The summed E-state index contributed by atoms with van der Waals surface area (Å²) in [5.41, 5.74) is 0.950. The van der Waals surface area contributed by atoms with Crippen molar-refractivity contribution >= 4 is 28.6 Å². The Labute approximate surface area is 105 Å². The standard InChI is InChI=1S/C10H10F2INO2/c1-5-6(4-8(15)16-2)3-7(9(11)12)14-10(5)13/h3,9H,4H2,1-2H3. The molecule has 88 valence electrons. The van der Waals surface area contributed by atoms with Crippen LogP contribution in [-0.2, 0) is 16.0 Å². The van der Waals surface area contributed by atoms with Crippen LogP contribution in [0.15, 0.2) is 6.07 Å². The molecule has 0 aliphatic carbocycles. The number of hydrogen-bond donors (Lipinski definition) is 0. The molecule has 1 aromatic rings. The van der Waals surface area contributed by atoms with Gasteiger partial charge in [-0.2, -0.15) is 0 Å². The predicted molar refractivity (Wildman–Crippen MR) is 62.4 cm³/mol. The Balaban J connectivity index is 3.11. The van der Waals surface area contributed by atoms with Gasteiger partial charge in [0.2, 0.25) is 0 Å². The molecule has 0 bridgehead atoms. The Morgan fingerprint density at radius 3 is 2.75 bits per heavy atom. The van der Waals surface area contributed by atoms with Crippen LogP contribution in [0, 0.1) is 10.6 Å². The number of alkyl halides is 2. The van der Waals surface area contributed by atoms with Crippen molar-refractivity contribution in [1.82, 2.24) is 4.98 Å². The van der Waals surface area contributed by atoms with E-state index in [1.807, 2.05) is 22.6 Å². The second kappa shape index (κ2) is 5.51. The lowest BCUT2D eigenvalue weighted by Crippen LogP contribution is -2.08. The summed E-state index contributed by atoms with van der Waals surface area (Å²) in [5, 5.41) is 0. The van der Waals surface area contributed by atoms with E-state index in [0.717, 1.165) is 5.56 Å². The highest BCUT2D eigenvalue weighted by molar-refractivity contribution is 14.1.